The van der Waals surface area contributed by atoms with Gasteiger partial charge in [-0.25, -0.2) is 4.79 Å². The summed E-state index contributed by atoms with van der Waals surface area (Å²) in [6.45, 7) is 1.94. The summed E-state index contributed by atoms with van der Waals surface area (Å²) in [7, 11) is 1.54. The SMILES string of the molecule is CCCn1c(=O)c2nscc2n(CC(=O)Nc2cccc(OC)c2)c1=O. The Morgan fingerprint density at radius 1 is 1.31 bits per heavy atom. The Labute approximate surface area is 152 Å². The minimum Gasteiger partial charge on any atom is -0.497 e. The van der Waals surface area contributed by atoms with E-state index in [4.69, 9.17) is 4.74 Å². The van der Waals surface area contributed by atoms with Crippen LogP contribution in [0.4, 0.5) is 5.69 Å². The zero-order valence-corrected chi connectivity index (χ0v) is 15.2. The molecule has 0 aliphatic carbocycles. The van der Waals surface area contributed by atoms with Crippen molar-refractivity contribution in [3.63, 3.8) is 0 Å². The van der Waals surface area contributed by atoms with Gasteiger partial charge < -0.3 is 10.1 Å². The highest BCUT2D eigenvalue weighted by Gasteiger charge is 2.17. The molecule has 0 fully saturated rings. The topological polar surface area (TPSA) is 95.2 Å². The number of fused-ring (bicyclic) bond motifs is 1. The molecule has 1 N–H and O–H groups in total. The van der Waals surface area contributed by atoms with Crippen LogP contribution < -0.4 is 21.3 Å². The van der Waals surface area contributed by atoms with E-state index in [0.717, 1.165) is 16.1 Å². The molecule has 0 spiro atoms. The van der Waals surface area contributed by atoms with E-state index in [1.165, 1.54) is 11.7 Å². The summed E-state index contributed by atoms with van der Waals surface area (Å²) >= 11 is 1.08. The van der Waals surface area contributed by atoms with Crippen molar-refractivity contribution < 1.29 is 9.53 Å². The monoisotopic (exact) mass is 374 g/mol. The first-order chi connectivity index (χ1) is 12.5. The number of nitrogens with zero attached hydrogens (tertiary/aromatic N) is 3. The second kappa shape index (κ2) is 7.52. The van der Waals surface area contributed by atoms with Crippen molar-refractivity contribution in [2.45, 2.75) is 26.4 Å². The van der Waals surface area contributed by atoms with Crippen LogP contribution in [0.2, 0.25) is 0 Å². The Kier molecular flexibility index (Phi) is 5.17. The third-order valence-electron chi connectivity index (χ3n) is 3.85. The fraction of sp³-hybridized carbons (Fsp3) is 0.294. The Morgan fingerprint density at radius 3 is 2.85 bits per heavy atom. The van der Waals surface area contributed by atoms with E-state index < -0.39 is 11.2 Å². The van der Waals surface area contributed by atoms with Gasteiger partial charge in [-0.1, -0.05) is 13.0 Å². The molecule has 3 aromatic rings. The van der Waals surface area contributed by atoms with Crippen LogP contribution in [0.15, 0.2) is 39.2 Å². The quantitative estimate of drug-likeness (QED) is 0.708. The molecule has 3 rings (SSSR count). The van der Waals surface area contributed by atoms with Crippen LogP contribution in [0.1, 0.15) is 13.3 Å². The molecule has 1 amide bonds. The number of benzene rings is 1. The van der Waals surface area contributed by atoms with E-state index in [-0.39, 0.29) is 24.5 Å². The summed E-state index contributed by atoms with van der Waals surface area (Å²) in [4.78, 5) is 37.5. The average molecular weight is 374 g/mol. The number of rotatable bonds is 6. The van der Waals surface area contributed by atoms with E-state index >= 15 is 0 Å². The van der Waals surface area contributed by atoms with Gasteiger partial charge in [0.2, 0.25) is 5.91 Å². The van der Waals surface area contributed by atoms with Gasteiger partial charge in [-0.2, -0.15) is 4.37 Å². The highest BCUT2D eigenvalue weighted by molar-refractivity contribution is 7.04. The molecule has 26 heavy (non-hydrogen) atoms. The third kappa shape index (κ3) is 3.38. The maximum Gasteiger partial charge on any atom is 0.332 e. The van der Waals surface area contributed by atoms with Crippen LogP contribution in [0, 0.1) is 0 Å². The zero-order valence-electron chi connectivity index (χ0n) is 14.4. The third-order valence-corrected chi connectivity index (χ3v) is 4.47. The number of amides is 1. The van der Waals surface area contributed by atoms with Gasteiger partial charge >= 0.3 is 5.69 Å². The minimum atomic E-state index is -0.509. The lowest BCUT2D eigenvalue weighted by atomic mass is 10.3. The van der Waals surface area contributed by atoms with Crippen LogP contribution in [0.3, 0.4) is 0 Å². The Hall–Kier alpha value is -2.94. The van der Waals surface area contributed by atoms with Crippen LogP contribution in [-0.4, -0.2) is 26.5 Å². The van der Waals surface area contributed by atoms with E-state index in [2.05, 4.69) is 9.69 Å². The predicted molar refractivity (Wildman–Crippen MR) is 100 cm³/mol. The molecule has 136 valence electrons. The van der Waals surface area contributed by atoms with E-state index in [1.807, 2.05) is 6.92 Å². The molecule has 2 heterocycles. The molecule has 0 radical (unpaired) electrons. The van der Waals surface area contributed by atoms with Gasteiger partial charge in [0.15, 0.2) is 5.52 Å². The number of carbonyl (C=O) groups is 1. The summed E-state index contributed by atoms with van der Waals surface area (Å²) in [5.41, 5.74) is 0.210. The molecule has 0 aliphatic heterocycles. The molecule has 9 heteroatoms. The summed E-state index contributed by atoms with van der Waals surface area (Å²) < 4.78 is 11.6. The summed E-state index contributed by atoms with van der Waals surface area (Å²) in [6.07, 6.45) is 0.626. The number of hydrogen-bond donors (Lipinski definition) is 1. The van der Waals surface area contributed by atoms with Crippen LogP contribution in [0.25, 0.3) is 11.0 Å². The second-order valence-electron chi connectivity index (χ2n) is 5.65. The molecule has 0 saturated carbocycles. The molecule has 2 aromatic heterocycles. The summed E-state index contributed by atoms with van der Waals surface area (Å²) in [6, 6.07) is 6.92. The van der Waals surface area contributed by atoms with Gasteiger partial charge in [0.1, 0.15) is 12.3 Å². The van der Waals surface area contributed by atoms with E-state index in [1.54, 1.807) is 29.6 Å². The average Bonchev–Trinajstić information content (AvgIpc) is 3.12. The number of aromatic nitrogens is 3. The summed E-state index contributed by atoms with van der Waals surface area (Å²) in [5.74, 6) is 0.232. The first kappa shape index (κ1) is 17.9. The van der Waals surface area contributed by atoms with Crippen molar-refractivity contribution >= 4 is 34.2 Å². The van der Waals surface area contributed by atoms with Gasteiger partial charge in [0.25, 0.3) is 5.56 Å². The first-order valence-corrected chi connectivity index (χ1v) is 8.90. The van der Waals surface area contributed by atoms with Crippen molar-refractivity contribution in [1.29, 1.82) is 0 Å². The standard InChI is InChI=1S/C17H18N4O4S/c1-3-7-20-16(23)15-13(10-26-19-15)21(17(20)24)9-14(22)18-11-5-4-6-12(8-11)25-2/h4-6,8,10H,3,7,9H2,1-2H3,(H,18,22). The lowest BCUT2D eigenvalue weighted by Crippen LogP contribution is -2.41. The molecule has 0 aliphatic rings. The maximum absolute atomic E-state index is 12.7. The van der Waals surface area contributed by atoms with Crippen molar-refractivity contribution in [3.8, 4) is 5.75 Å². The molecule has 0 atom stereocenters. The highest BCUT2D eigenvalue weighted by atomic mass is 32.1. The van der Waals surface area contributed by atoms with Gasteiger partial charge in [0.05, 0.1) is 12.6 Å². The van der Waals surface area contributed by atoms with E-state index in [9.17, 15) is 14.4 Å². The number of hydrogen-bond acceptors (Lipinski definition) is 6. The Balaban J connectivity index is 1.95. The minimum absolute atomic E-state index is 0.206. The lowest BCUT2D eigenvalue weighted by molar-refractivity contribution is -0.116. The van der Waals surface area contributed by atoms with Gasteiger partial charge in [0, 0.05) is 23.7 Å². The van der Waals surface area contributed by atoms with Crippen LogP contribution in [0.5, 0.6) is 5.75 Å². The second-order valence-corrected chi connectivity index (χ2v) is 6.28. The molecule has 0 unspecified atom stereocenters. The van der Waals surface area contributed by atoms with Crippen molar-refractivity contribution in [2.75, 3.05) is 12.4 Å². The Bertz CT molecular complexity index is 1070. The largest absolute Gasteiger partial charge is 0.497 e. The molecular weight excluding hydrogens is 356 g/mol. The van der Waals surface area contributed by atoms with E-state index in [0.29, 0.717) is 23.4 Å². The predicted octanol–water partition coefficient (Wildman–Crippen LogP) is 1.68. The lowest BCUT2D eigenvalue weighted by Gasteiger charge is -2.12. The van der Waals surface area contributed by atoms with Crippen LogP contribution in [-0.2, 0) is 17.9 Å². The van der Waals surface area contributed by atoms with Crippen LogP contribution >= 0.6 is 11.5 Å². The van der Waals surface area contributed by atoms with Crippen molar-refractivity contribution in [3.05, 3.63) is 50.5 Å². The maximum atomic E-state index is 12.7. The number of nitrogens with one attached hydrogen (secondary N) is 1. The molecular formula is C17H18N4O4S. The fourth-order valence-electron chi connectivity index (χ4n) is 2.65. The van der Waals surface area contributed by atoms with Gasteiger partial charge in [-0.05, 0) is 30.1 Å². The first-order valence-electron chi connectivity index (χ1n) is 8.06. The highest BCUT2D eigenvalue weighted by Crippen LogP contribution is 2.17. The fourth-order valence-corrected chi connectivity index (χ4v) is 3.32. The summed E-state index contributed by atoms with van der Waals surface area (Å²) in [5, 5.41) is 4.34. The number of ether oxygens (including phenoxy) is 1. The molecule has 8 nitrogen and oxygen atoms in total. The smallest absolute Gasteiger partial charge is 0.332 e. The number of anilines is 1. The van der Waals surface area contributed by atoms with Crippen molar-refractivity contribution in [2.24, 2.45) is 0 Å². The number of methoxy groups -OCH3 is 1. The normalized spacial score (nSPS) is 10.8. The number of carbonyl (C=O) groups excluding carboxylic acids is 1. The molecule has 0 saturated heterocycles. The van der Waals surface area contributed by atoms with Crippen molar-refractivity contribution in [1.82, 2.24) is 13.5 Å². The molecule has 1 aromatic carbocycles. The van der Waals surface area contributed by atoms with Gasteiger partial charge in [-0.15, -0.1) is 0 Å². The molecule has 0 bridgehead atoms. The van der Waals surface area contributed by atoms with Gasteiger partial charge in [-0.3, -0.25) is 18.7 Å². The Morgan fingerprint density at radius 2 is 2.12 bits per heavy atom. The zero-order chi connectivity index (χ0) is 18.7.